The van der Waals surface area contributed by atoms with Crippen molar-refractivity contribution < 1.29 is 28.8 Å². The molecular formula is C22H22FN2O4+. The van der Waals surface area contributed by atoms with Crippen LogP contribution in [0.15, 0.2) is 54.6 Å². The molecule has 150 valence electrons. The number of carbonyl (C=O) groups is 3. The molecule has 29 heavy (non-hydrogen) atoms. The summed E-state index contributed by atoms with van der Waals surface area (Å²) in [6.45, 7) is 0. The van der Waals surface area contributed by atoms with E-state index < -0.39 is 35.2 Å². The number of hydrogen-bond acceptors (Lipinski definition) is 4. The molecule has 0 bridgehead atoms. The van der Waals surface area contributed by atoms with E-state index in [-0.39, 0.29) is 18.2 Å². The number of halogens is 1. The largest absolute Gasteiger partial charge is 0.464 e. The number of fused-ring (bicyclic) bond motifs is 1. The molecule has 4 rings (SSSR count). The van der Waals surface area contributed by atoms with Crippen molar-refractivity contribution in [3.63, 3.8) is 0 Å². The van der Waals surface area contributed by atoms with Gasteiger partial charge in [0.05, 0.1) is 7.11 Å². The number of carbonyl (C=O) groups excluding carboxylic acids is 3. The Morgan fingerprint density at radius 1 is 1.10 bits per heavy atom. The standard InChI is InChI=1S/C22H21FN2O4/c1-25-19(26)16-17(20(25)27)22(21(28)29-2,12-13-6-4-3-5-7-13)24-18(16)14-8-10-15(23)11-9-14/h3-11,16-18,24H,12H2,1-2H3/p+1/t16-,17+,18-,22-/m1/s1. The fourth-order valence-corrected chi connectivity index (χ4v) is 4.81. The predicted octanol–water partition coefficient (Wildman–Crippen LogP) is 0.829. The van der Waals surface area contributed by atoms with Crippen molar-refractivity contribution in [2.24, 2.45) is 11.8 Å². The van der Waals surface area contributed by atoms with E-state index in [4.69, 9.17) is 4.74 Å². The van der Waals surface area contributed by atoms with Crippen molar-refractivity contribution in [1.82, 2.24) is 4.90 Å². The first kappa shape index (κ1) is 19.3. The van der Waals surface area contributed by atoms with Gasteiger partial charge in [-0.25, -0.2) is 9.18 Å². The van der Waals surface area contributed by atoms with Gasteiger partial charge in [0.2, 0.25) is 17.4 Å². The average molecular weight is 397 g/mol. The summed E-state index contributed by atoms with van der Waals surface area (Å²) < 4.78 is 18.6. The Kier molecular flexibility index (Phi) is 4.70. The molecule has 0 saturated carbocycles. The number of imide groups is 1. The molecule has 2 aliphatic heterocycles. The van der Waals surface area contributed by atoms with Gasteiger partial charge in [-0.05, 0) is 17.7 Å². The SMILES string of the molecule is COC(=O)[C@]1(Cc2ccccc2)[NH2+][C@H](c2ccc(F)cc2)[C@@H]2C(=O)N(C)C(=O)[C@H]21. The van der Waals surface area contributed by atoms with Crippen LogP contribution in [-0.4, -0.2) is 42.4 Å². The Morgan fingerprint density at radius 3 is 2.38 bits per heavy atom. The summed E-state index contributed by atoms with van der Waals surface area (Å²) in [5, 5.41) is 1.78. The Bertz CT molecular complexity index is 963. The Balaban J connectivity index is 1.85. The second-order valence-electron chi connectivity index (χ2n) is 7.68. The summed E-state index contributed by atoms with van der Waals surface area (Å²) in [5.74, 6) is -3.23. The van der Waals surface area contributed by atoms with E-state index in [0.29, 0.717) is 5.56 Å². The molecule has 2 amide bonds. The number of benzene rings is 2. The van der Waals surface area contributed by atoms with Gasteiger partial charge in [0.25, 0.3) is 0 Å². The predicted molar refractivity (Wildman–Crippen MR) is 101 cm³/mol. The Hall–Kier alpha value is -3.06. The van der Waals surface area contributed by atoms with Crippen molar-refractivity contribution in [2.45, 2.75) is 18.0 Å². The smallest absolute Gasteiger partial charge is 0.369 e. The summed E-state index contributed by atoms with van der Waals surface area (Å²) >= 11 is 0. The fourth-order valence-electron chi connectivity index (χ4n) is 4.81. The van der Waals surface area contributed by atoms with Crippen LogP contribution in [0, 0.1) is 17.7 Å². The van der Waals surface area contributed by atoms with E-state index in [1.165, 1.54) is 26.3 Å². The zero-order chi connectivity index (χ0) is 20.8. The number of likely N-dealkylation sites (tertiary alicyclic amines) is 1. The highest BCUT2D eigenvalue weighted by atomic mass is 19.1. The molecule has 2 heterocycles. The number of esters is 1. The molecule has 0 aliphatic carbocycles. The molecule has 2 fully saturated rings. The molecule has 2 aliphatic rings. The van der Waals surface area contributed by atoms with Gasteiger partial charge in [0, 0.05) is 19.0 Å². The summed E-state index contributed by atoms with van der Waals surface area (Å²) in [4.78, 5) is 40.2. The van der Waals surface area contributed by atoms with Gasteiger partial charge in [0.15, 0.2) is 0 Å². The van der Waals surface area contributed by atoms with Crippen LogP contribution in [0.25, 0.3) is 0 Å². The van der Waals surface area contributed by atoms with Crippen molar-refractivity contribution in [2.75, 3.05) is 14.2 Å². The molecule has 2 aromatic carbocycles. The molecule has 2 aromatic rings. The quantitative estimate of drug-likeness (QED) is 0.612. The summed E-state index contributed by atoms with van der Waals surface area (Å²) in [7, 11) is 2.73. The first-order chi connectivity index (χ1) is 13.9. The fraction of sp³-hybridized carbons (Fsp3) is 0.318. The van der Waals surface area contributed by atoms with E-state index in [2.05, 4.69) is 0 Å². The van der Waals surface area contributed by atoms with Gasteiger partial charge >= 0.3 is 5.97 Å². The molecule has 7 heteroatoms. The number of nitrogens with zero attached hydrogens (tertiary/aromatic N) is 1. The topological polar surface area (TPSA) is 80.3 Å². The number of amides is 2. The van der Waals surface area contributed by atoms with Gasteiger partial charge in [0.1, 0.15) is 23.7 Å². The van der Waals surface area contributed by atoms with Gasteiger partial charge in [-0.15, -0.1) is 0 Å². The first-order valence-electron chi connectivity index (χ1n) is 9.44. The maximum absolute atomic E-state index is 13.5. The zero-order valence-electron chi connectivity index (χ0n) is 16.2. The third-order valence-electron chi connectivity index (χ3n) is 6.15. The second kappa shape index (κ2) is 7.08. The number of quaternary nitrogens is 1. The van der Waals surface area contributed by atoms with Gasteiger partial charge in [-0.2, -0.15) is 0 Å². The van der Waals surface area contributed by atoms with Crippen molar-refractivity contribution in [3.8, 4) is 0 Å². The minimum Gasteiger partial charge on any atom is -0.464 e. The van der Waals surface area contributed by atoms with E-state index in [1.54, 1.807) is 17.4 Å². The lowest BCUT2D eigenvalue weighted by Crippen LogP contribution is -2.98. The van der Waals surface area contributed by atoms with Crippen LogP contribution in [0.3, 0.4) is 0 Å². The van der Waals surface area contributed by atoms with Crippen molar-refractivity contribution in [1.29, 1.82) is 0 Å². The minimum absolute atomic E-state index is 0.242. The molecule has 2 N–H and O–H groups in total. The van der Waals surface area contributed by atoms with Crippen LogP contribution in [-0.2, 0) is 25.5 Å². The highest BCUT2D eigenvalue weighted by molar-refractivity contribution is 6.08. The van der Waals surface area contributed by atoms with E-state index in [9.17, 15) is 18.8 Å². The maximum atomic E-state index is 13.5. The lowest BCUT2D eigenvalue weighted by molar-refractivity contribution is -0.734. The number of hydrogen-bond donors (Lipinski definition) is 1. The normalized spacial score (nSPS) is 28.5. The van der Waals surface area contributed by atoms with Crippen LogP contribution < -0.4 is 5.32 Å². The Morgan fingerprint density at radius 2 is 1.76 bits per heavy atom. The van der Waals surface area contributed by atoms with Gasteiger partial charge in [-0.3, -0.25) is 14.5 Å². The maximum Gasteiger partial charge on any atom is 0.369 e. The van der Waals surface area contributed by atoms with Gasteiger partial charge in [-0.1, -0.05) is 42.5 Å². The molecule has 0 unspecified atom stereocenters. The Labute approximate surface area is 167 Å². The summed E-state index contributed by atoms with van der Waals surface area (Å²) in [6, 6.07) is 14.7. The first-order valence-corrected chi connectivity index (χ1v) is 9.44. The molecule has 0 radical (unpaired) electrons. The van der Waals surface area contributed by atoms with Crippen LogP contribution in [0.5, 0.6) is 0 Å². The highest BCUT2D eigenvalue weighted by Crippen LogP contribution is 2.45. The number of rotatable bonds is 4. The van der Waals surface area contributed by atoms with Crippen molar-refractivity contribution in [3.05, 3.63) is 71.5 Å². The van der Waals surface area contributed by atoms with Crippen LogP contribution >= 0.6 is 0 Å². The summed E-state index contributed by atoms with van der Waals surface area (Å²) in [6.07, 6.45) is 0.242. The van der Waals surface area contributed by atoms with Crippen molar-refractivity contribution >= 4 is 17.8 Å². The zero-order valence-corrected chi connectivity index (χ0v) is 16.2. The van der Waals surface area contributed by atoms with Gasteiger partial charge < -0.3 is 10.1 Å². The monoisotopic (exact) mass is 397 g/mol. The molecule has 2 saturated heterocycles. The average Bonchev–Trinajstić information content (AvgIpc) is 3.19. The van der Waals surface area contributed by atoms with E-state index >= 15 is 0 Å². The molecule has 4 atom stereocenters. The third-order valence-corrected chi connectivity index (χ3v) is 6.15. The second-order valence-corrected chi connectivity index (χ2v) is 7.68. The van der Waals surface area contributed by atoms with Crippen LogP contribution in [0.4, 0.5) is 4.39 Å². The molecule has 0 spiro atoms. The minimum atomic E-state index is -1.28. The number of nitrogens with two attached hydrogens (primary N) is 1. The highest BCUT2D eigenvalue weighted by Gasteiger charge is 2.71. The number of methoxy groups -OCH3 is 1. The number of ether oxygens (including phenoxy) is 1. The van der Waals surface area contributed by atoms with Crippen LogP contribution in [0.2, 0.25) is 0 Å². The lowest BCUT2D eigenvalue weighted by atomic mass is 9.76. The molecule has 6 nitrogen and oxygen atoms in total. The third kappa shape index (κ3) is 2.93. The molecule has 0 aromatic heterocycles. The lowest BCUT2D eigenvalue weighted by Gasteiger charge is -2.29. The van der Waals surface area contributed by atoms with E-state index in [1.807, 2.05) is 30.3 Å². The molecular weight excluding hydrogens is 375 g/mol. The summed E-state index contributed by atoms with van der Waals surface area (Å²) in [5.41, 5.74) is 0.274. The van der Waals surface area contributed by atoms with Crippen LogP contribution in [0.1, 0.15) is 17.2 Å². The van der Waals surface area contributed by atoms with E-state index in [0.717, 1.165) is 10.5 Å².